The highest BCUT2D eigenvalue weighted by Gasteiger charge is 2.05. The quantitative estimate of drug-likeness (QED) is 0.879. The van der Waals surface area contributed by atoms with Crippen molar-refractivity contribution in [3.05, 3.63) is 47.0 Å². The molecule has 4 nitrogen and oxygen atoms in total. The number of anilines is 2. The molecule has 0 amide bonds. The van der Waals surface area contributed by atoms with E-state index in [1.54, 1.807) is 26.0 Å². The maximum absolute atomic E-state index is 13.0. The lowest BCUT2D eigenvalue weighted by atomic mass is 10.2. The van der Waals surface area contributed by atoms with Crippen LogP contribution in [0.25, 0.3) is 0 Å². The second-order valence-corrected chi connectivity index (χ2v) is 3.91. The first kappa shape index (κ1) is 12.0. The van der Waals surface area contributed by atoms with Crippen LogP contribution in [0.1, 0.15) is 17.0 Å². The van der Waals surface area contributed by atoms with E-state index in [9.17, 15) is 4.39 Å². The number of nitrogens with one attached hydrogen (secondary N) is 1. The highest BCUT2D eigenvalue weighted by Crippen LogP contribution is 2.19. The third kappa shape index (κ3) is 2.61. The summed E-state index contributed by atoms with van der Waals surface area (Å²) in [6.07, 6.45) is 0. The molecule has 0 aliphatic carbocycles. The van der Waals surface area contributed by atoms with E-state index in [1.165, 1.54) is 12.1 Å². The predicted molar refractivity (Wildman–Crippen MR) is 65.9 cm³/mol. The first-order valence-corrected chi connectivity index (χ1v) is 5.37. The van der Waals surface area contributed by atoms with Crippen molar-refractivity contribution in [3.63, 3.8) is 0 Å². The minimum atomic E-state index is -0.291. The van der Waals surface area contributed by atoms with Crippen LogP contribution in [-0.4, -0.2) is 9.97 Å². The van der Waals surface area contributed by atoms with Gasteiger partial charge in [-0.15, -0.1) is 0 Å². The maximum atomic E-state index is 13.0. The van der Waals surface area contributed by atoms with Gasteiger partial charge in [-0.25, -0.2) is 14.4 Å². The SMILES string of the molecule is Cc1cc(C#N)nc(Nc2ccc(F)cc2C)n1. The van der Waals surface area contributed by atoms with Crippen LogP contribution in [0.15, 0.2) is 24.3 Å². The van der Waals surface area contributed by atoms with Crippen molar-refractivity contribution in [2.45, 2.75) is 13.8 Å². The Balaban J connectivity index is 2.34. The highest BCUT2D eigenvalue weighted by molar-refractivity contribution is 5.58. The van der Waals surface area contributed by atoms with Gasteiger partial charge in [0.25, 0.3) is 0 Å². The fraction of sp³-hybridized carbons (Fsp3) is 0.154. The molecule has 0 aliphatic rings. The van der Waals surface area contributed by atoms with Crippen molar-refractivity contribution < 1.29 is 4.39 Å². The van der Waals surface area contributed by atoms with Gasteiger partial charge < -0.3 is 5.32 Å². The third-order valence-electron chi connectivity index (χ3n) is 2.40. The van der Waals surface area contributed by atoms with E-state index in [1.807, 2.05) is 6.07 Å². The van der Waals surface area contributed by atoms with Crippen LogP contribution in [0.3, 0.4) is 0 Å². The zero-order chi connectivity index (χ0) is 13.1. The number of aromatic nitrogens is 2. The molecule has 1 aromatic heterocycles. The van der Waals surface area contributed by atoms with Crippen LogP contribution in [0.4, 0.5) is 16.0 Å². The third-order valence-corrected chi connectivity index (χ3v) is 2.40. The summed E-state index contributed by atoms with van der Waals surface area (Å²) in [7, 11) is 0. The van der Waals surface area contributed by atoms with E-state index < -0.39 is 0 Å². The van der Waals surface area contributed by atoms with Gasteiger partial charge >= 0.3 is 0 Å². The van der Waals surface area contributed by atoms with E-state index in [2.05, 4.69) is 15.3 Å². The molecule has 0 fully saturated rings. The standard InChI is InChI=1S/C13H11FN4/c1-8-5-10(14)3-4-12(8)18-13-16-9(2)6-11(7-15)17-13/h3-6H,1-2H3,(H,16,17,18). The fourth-order valence-electron chi connectivity index (χ4n) is 1.57. The molecule has 0 spiro atoms. The average Bonchev–Trinajstić information content (AvgIpc) is 2.32. The first-order valence-electron chi connectivity index (χ1n) is 5.37. The molecule has 1 heterocycles. The Hall–Kier alpha value is -2.48. The van der Waals surface area contributed by atoms with Crippen LogP contribution in [0.2, 0.25) is 0 Å². The van der Waals surface area contributed by atoms with E-state index >= 15 is 0 Å². The number of benzene rings is 1. The Morgan fingerprint density at radius 3 is 2.67 bits per heavy atom. The number of hydrogen-bond acceptors (Lipinski definition) is 4. The number of rotatable bonds is 2. The summed E-state index contributed by atoms with van der Waals surface area (Å²) >= 11 is 0. The summed E-state index contributed by atoms with van der Waals surface area (Å²) in [6.45, 7) is 3.57. The van der Waals surface area contributed by atoms with E-state index in [-0.39, 0.29) is 5.82 Å². The minimum absolute atomic E-state index is 0.291. The lowest BCUT2D eigenvalue weighted by Gasteiger charge is -2.08. The molecule has 0 unspecified atom stereocenters. The zero-order valence-corrected chi connectivity index (χ0v) is 10.0. The molecular weight excluding hydrogens is 231 g/mol. The minimum Gasteiger partial charge on any atom is -0.324 e. The van der Waals surface area contributed by atoms with Crippen LogP contribution >= 0.6 is 0 Å². The van der Waals surface area contributed by atoms with Gasteiger partial charge in [-0.3, -0.25) is 0 Å². The Morgan fingerprint density at radius 1 is 1.22 bits per heavy atom. The number of nitriles is 1. The highest BCUT2D eigenvalue weighted by atomic mass is 19.1. The van der Waals surface area contributed by atoms with Crippen molar-refractivity contribution >= 4 is 11.6 Å². The summed E-state index contributed by atoms with van der Waals surface area (Å²) in [6, 6.07) is 7.96. The Kier molecular flexibility index (Phi) is 3.20. The van der Waals surface area contributed by atoms with Gasteiger partial charge in [-0.2, -0.15) is 5.26 Å². The Morgan fingerprint density at radius 2 is 2.00 bits per heavy atom. The van der Waals surface area contributed by atoms with Crippen LogP contribution in [0, 0.1) is 31.0 Å². The first-order chi connectivity index (χ1) is 8.58. The Labute approximate surface area is 104 Å². The van der Waals surface area contributed by atoms with Gasteiger partial charge in [-0.05, 0) is 43.7 Å². The molecule has 5 heteroatoms. The maximum Gasteiger partial charge on any atom is 0.228 e. The number of nitrogens with zero attached hydrogens (tertiary/aromatic N) is 3. The van der Waals surface area contributed by atoms with Crippen molar-refractivity contribution in [2.24, 2.45) is 0 Å². The van der Waals surface area contributed by atoms with Gasteiger partial charge in [0.2, 0.25) is 5.95 Å². The molecule has 18 heavy (non-hydrogen) atoms. The average molecular weight is 242 g/mol. The number of hydrogen-bond donors (Lipinski definition) is 1. The van der Waals surface area contributed by atoms with E-state index in [4.69, 9.17) is 5.26 Å². The Bertz CT molecular complexity index is 631. The topological polar surface area (TPSA) is 61.6 Å². The van der Waals surface area contributed by atoms with Crippen LogP contribution in [-0.2, 0) is 0 Å². The second kappa shape index (κ2) is 4.80. The lowest BCUT2D eigenvalue weighted by Crippen LogP contribution is -2.01. The van der Waals surface area contributed by atoms with Gasteiger partial charge in [0, 0.05) is 11.4 Å². The second-order valence-electron chi connectivity index (χ2n) is 3.91. The van der Waals surface area contributed by atoms with Gasteiger partial charge in [0.15, 0.2) is 0 Å². The molecular formula is C13H11FN4. The summed E-state index contributed by atoms with van der Waals surface area (Å²) in [5.74, 6) is 0.0437. The normalized spacial score (nSPS) is 9.89. The summed E-state index contributed by atoms with van der Waals surface area (Å²) in [5.41, 5.74) is 2.46. The summed E-state index contributed by atoms with van der Waals surface area (Å²) in [4.78, 5) is 8.21. The van der Waals surface area contributed by atoms with Crippen LogP contribution < -0.4 is 5.32 Å². The van der Waals surface area contributed by atoms with E-state index in [0.29, 0.717) is 23.0 Å². The molecule has 2 rings (SSSR count). The molecule has 0 radical (unpaired) electrons. The lowest BCUT2D eigenvalue weighted by molar-refractivity contribution is 0.627. The van der Waals surface area contributed by atoms with Gasteiger partial charge in [-0.1, -0.05) is 0 Å². The number of halogens is 1. The van der Waals surface area contributed by atoms with E-state index in [0.717, 1.165) is 5.56 Å². The molecule has 0 saturated heterocycles. The largest absolute Gasteiger partial charge is 0.324 e. The van der Waals surface area contributed by atoms with Crippen molar-refractivity contribution in [1.29, 1.82) is 5.26 Å². The molecule has 0 saturated carbocycles. The molecule has 0 atom stereocenters. The molecule has 2 aromatic rings. The molecule has 1 N–H and O–H groups in total. The predicted octanol–water partition coefficient (Wildman–Crippen LogP) is 2.85. The zero-order valence-electron chi connectivity index (χ0n) is 10.0. The van der Waals surface area contributed by atoms with Gasteiger partial charge in [0.05, 0.1) is 0 Å². The van der Waals surface area contributed by atoms with Gasteiger partial charge in [0.1, 0.15) is 17.6 Å². The molecule has 1 aromatic carbocycles. The summed E-state index contributed by atoms with van der Waals surface area (Å²) in [5, 5.41) is 11.8. The molecule has 90 valence electrons. The van der Waals surface area contributed by atoms with Crippen LogP contribution in [0.5, 0.6) is 0 Å². The van der Waals surface area contributed by atoms with Crippen molar-refractivity contribution in [3.8, 4) is 6.07 Å². The van der Waals surface area contributed by atoms with Crippen molar-refractivity contribution in [1.82, 2.24) is 9.97 Å². The monoisotopic (exact) mass is 242 g/mol. The fourth-order valence-corrected chi connectivity index (χ4v) is 1.57. The molecule has 0 bridgehead atoms. The van der Waals surface area contributed by atoms with Crippen molar-refractivity contribution in [2.75, 3.05) is 5.32 Å². The molecule has 0 aliphatic heterocycles. The number of aryl methyl sites for hydroxylation is 2. The smallest absolute Gasteiger partial charge is 0.228 e. The summed E-state index contributed by atoms with van der Waals surface area (Å²) < 4.78 is 13.0.